The van der Waals surface area contributed by atoms with Crippen LogP contribution in [0.5, 0.6) is 5.75 Å². The van der Waals surface area contributed by atoms with Gasteiger partial charge < -0.3 is 15.8 Å². The van der Waals surface area contributed by atoms with E-state index in [9.17, 15) is 0 Å². The van der Waals surface area contributed by atoms with Gasteiger partial charge in [-0.1, -0.05) is 15.9 Å². The molecule has 70 valence electrons. The van der Waals surface area contributed by atoms with Crippen molar-refractivity contribution in [1.29, 1.82) is 0 Å². The molecule has 4 heteroatoms. The van der Waals surface area contributed by atoms with Crippen molar-refractivity contribution in [1.82, 2.24) is 0 Å². The Kier molecular flexibility index (Phi) is 2.42. The van der Waals surface area contributed by atoms with Gasteiger partial charge in [0.2, 0.25) is 0 Å². The van der Waals surface area contributed by atoms with E-state index in [1.165, 1.54) is 0 Å². The molecule has 1 aliphatic rings. The van der Waals surface area contributed by atoms with Crippen molar-refractivity contribution in [2.24, 2.45) is 5.73 Å². The standard InChI is InChI=1S/C9H11BrN2O/c10-6-1-2-8-9(3-6)13-5-7(4-11)12-8/h1-3,7,12H,4-5,11H2. The Labute approximate surface area is 85.4 Å². The highest BCUT2D eigenvalue weighted by Gasteiger charge is 2.16. The Morgan fingerprint density at radius 1 is 1.62 bits per heavy atom. The Morgan fingerprint density at radius 2 is 2.46 bits per heavy atom. The molecular weight excluding hydrogens is 232 g/mol. The maximum Gasteiger partial charge on any atom is 0.143 e. The molecule has 0 bridgehead atoms. The van der Waals surface area contributed by atoms with Gasteiger partial charge >= 0.3 is 0 Å². The zero-order chi connectivity index (χ0) is 9.26. The molecule has 1 aromatic rings. The minimum atomic E-state index is 0.230. The third kappa shape index (κ3) is 1.78. The molecule has 1 heterocycles. The molecule has 0 fully saturated rings. The van der Waals surface area contributed by atoms with E-state index < -0.39 is 0 Å². The number of anilines is 1. The second kappa shape index (κ2) is 3.55. The maximum atomic E-state index is 5.54. The van der Waals surface area contributed by atoms with Gasteiger partial charge in [-0.25, -0.2) is 0 Å². The van der Waals surface area contributed by atoms with Crippen LogP contribution in [0.25, 0.3) is 0 Å². The van der Waals surface area contributed by atoms with Crippen LogP contribution in [0.3, 0.4) is 0 Å². The number of hydrogen-bond donors (Lipinski definition) is 2. The average molecular weight is 243 g/mol. The molecule has 0 aliphatic carbocycles. The van der Waals surface area contributed by atoms with Crippen LogP contribution in [0, 0.1) is 0 Å². The zero-order valence-corrected chi connectivity index (χ0v) is 8.67. The van der Waals surface area contributed by atoms with Crippen LogP contribution in [-0.4, -0.2) is 19.2 Å². The number of benzene rings is 1. The van der Waals surface area contributed by atoms with Crippen LogP contribution in [0.2, 0.25) is 0 Å². The van der Waals surface area contributed by atoms with E-state index in [1.807, 2.05) is 18.2 Å². The van der Waals surface area contributed by atoms with Gasteiger partial charge in [0.15, 0.2) is 0 Å². The summed E-state index contributed by atoms with van der Waals surface area (Å²) in [7, 11) is 0. The van der Waals surface area contributed by atoms with E-state index in [0.717, 1.165) is 15.9 Å². The number of rotatable bonds is 1. The molecule has 0 aromatic heterocycles. The summed E-state index contributed by atoms with van der Waals surface area (Å²) in [6, 6.07) is 6.15. The monoisotopic (exact) mass is 242 g/mol. The highest BCUT2D eigenvalue weighted by atomic mass is 79.9. The highest BCUT2D eigenvalue weighted by molar-refractivity contribution is 9.10. The van der Waals surface area contributed by atoms with Crippen LogP contribution in [0.1, 0.15) is 0 Å². The molecule has 1 aromatic carbocycles. The Morgan fingerprint density at radius 3 is 3.23 bits per heavy atom. The second-order valence-corrected chi connectivity index (χ2v) is 3.94. The number of nitrogens with two attached hydrogens (primary N) is 1. The van der Waals surface area contributed by atoms with Crippen molar-refractivity contribution in [3.05, 3.63) is 22.7 Å². The lowest BCUT2D eigenvalue weighted by Crippen LogP contribution is -2.37. The smallest absolute Gasteiger partial charge is 0.143 e. The van der Waals surface area contributed by atoms with Gasteiger partial charge in [0.25, 0.3) is 0 Å². The molecule has 1 aliphatic heterocycles. The fourth-order valence-corrected chi connectivity index (χ4v) is 1.65. The molecular formula is C9H11BrN2O. The number of ether oxygens (including phenoxy) is 1. The van der Waals surface area contributed by atoms with Crippen molar-refractivity contribution in [3.8, 4) is 5.75 Å². The van der Waals surface area contributed by atoms with Gasteiger partial charge in [-0.2, -0.15) is 0 Å². The molecule has 0 saturated heterocycles. The van der Waals surface area contributed by atoms with Gasteiger partial charge in [0.05, 0.1) is 11.7 Å². The number of fused-ring (bicyclic) bond motifs is 1. The first-order chi connectivity index (χ1) is 6.29. The minimum Gasteiger partial charge on any atom is -0.489 e. The summed E-state index contributed by atoms with van der Waals surface area (Å²) in [5, 5.41) is 3.30. The molecule has 3 N–H and O–H groups in total. The lowest BCUT2D eigenvalue weighted by Gasteiger charge is -2.26. The van der Waals surface area contributed by atoms with Gasteiger partial charge in [0, 0.05) is 11.0 Å². The van der Waals surface area contributed by atoms with E-state index in [2.05, 4.69) is 21.2 Å². The van der Waals surface area contributed by atoms with Gasteiger partial charge in [0.1, 0.15) is 12.4 Å². The fraction of sp³-hybridized carbons (Fsp3) is 0.333. The molecule has 0 radical (unpaired) electrons. The molecule has 1 atom stereocenters. The predicted octanol–water partition coefficient (Wildman–Crippen LogP) is 1.58. The van der Waals surface area contributed by atoms with Crippen LogP contribution >= 0.6 is 15.9 Å². The molecule has 0 spiro atoms. The highest BCUT2D eigenvalue weighted by Crippen LogP contribution is 2.31. The molecule has 0 saturated carbocycles. The van der Waals surface area contributed by atoms with Crippen LogP contribution in [-0.2, 0) is 0 Å². The second-order valence-electron chi connectivity index (χ2n) is 3.03. The SMILES string of the molecule is NCC1COc2cc(Br)ccc2N1. The predicted molar refractivity (Wildman–Crippen MR) is 56.1 cm³/mol. The minimum absolute atomic E-state index is 0.230. The van der Waals surface area contributed by atoms with Crippen molar-refractivity contribution >= 4 is 21.6 Å². The summed E-state index contributed by atoms with van der Waals surface area (Å²) in [5.41, 5.74) is 6.56. The van der Waals surface area contributed by atoms with Crippen LogP contribution in [0.4, 0.5) is 5.69 Å². The van der Waals surface area contributed by atoms with Gasteiger partial charge in [-0.15, -0.1) is 0 Å². The quantitative estimate of drug-likeness (QED) is 0.787. The van der Waals surface area contributed by atoms with Crippen molar-refractivity contribution in [3.63, 3.8) is 0 Å². The lowest BCUT2D eigenvalue weighted by molar-refractivity contribution is 0.286. The first-order valence-electron chi connectivity index (χ1n) is 4.18. The van der Waals surface area contributed by atoms with E-state index >= 15 is 0 Å². The topological polar surface area (TPSA) is 47.3 Å². The molecule has 13 heavy (non-hydrogen) atoms. The fourth-order valence-electron chi connectivity index (χ4n) is 1.31. The largest absolute Gasteiger partial charge is 0.489 e. The Balaban J connectivity index is 2.26. The molecule has 3 nitrogen and oxygen atoms in total. The number of halogens is 1. The zero-order valence-electron chi connectivity index (χ0n) is 7.09. The van der Waals surface area contributed by atoms with E-state index in [1.54, 1.807) is 0 Å². The summed E-state index contributed by atoms with van der Waals surface area (Å²) < 4.78 is 6.56. The van der Waals surface area contributed by atoms with Crippen molar-refractivity contribution in [2.45, 2.75) is 6.04 Å². The molecule has 1 unspecified atom stereocenters. The van der Waals surface area contributed by atoms with Gasteiger partial charge in [-0.05, 0) is 18.2 Å². The summed E-state index contributed by atoms with van der Waals surface area (Å²) >= 11 is 3.39. The van der Waals surface area contributed by atoms with E-state index in [-0.39, 0.29) is 6.04 Å². The lowest BCUT2D eigenvalue weighted by atomic mass is 10.2. The van der Waals surface area contributed by atoms with Crippen molar-refractivity contribution in [2.75, 3.05) is 18.5 Å². The average Bonchev–Trinajstić information content (AvgIpc) is 2.17. The molecule has 2 rings (SSSR count). The summed E-state index contributed by atoms with van der Waals surface area (Å²) in [5.74, 6) is 0.888. The Bertz CT molecular complexity index is 316. The summed E-state index contributed by atoms with van der Waals surface area (Å²) in [6.07, 6.45) is 0. The van der Waals surface area contributed by atoms with Crippen LogP contribution < -0.4 is 15.8 Å². The number of hydrogen-bond acceptors (Lipinski definition) is 3. The maximum absolute atomic E-state index is 5.54. The third-order valence-corrected chi connectivity index (χ3v) is 2.52. The van der Waals surface area contributed by atoms with Gasteiger partial charge in [-0.3, -0.25) is 0 Å². The number of nitrogens with one attached hydrogen (secondary N) is 1. The first kappa shape index (κ1) is 8.84. The summed E-state index contributed by atoms with van der Waals surface area (Å²) in [6.45, 7) is 1.23. The third-order valence-electron chi connectivity index (χ3n) is 2.03. The molecule has 0 amide bonds. The first-order valence-corrected chi connectivity index (χ1v) is 4.98. The normalized spacial score (nSPS) is 20.0. The summed E-state index contributed by atoms with van der Waals surface area (Å²) in [4.78, 5) is 0. The van der Waals surface area contributed by atoms with Crippen LogP contribution in [0.15, 0.2) is 22.7 Å². The Hall–Kier alpha value is -0.740. The van der Waals surface area contributed by atoms with E-state index in [0.29, 0.717) is 13.2 Å². The van der Waals surface area contributed by atoms with E-state index in [4.69, 9.17) is 10.5 Å². The van der Waals surface area contributed by atoms with Crippen molar-refractivity contribution < 1.29 is 4.74 Å².